The molecule has 0 atom stereocenters. The van der Waals surface area contributed by atoms with E-state index in [4.69, 9.17) is 0 Å². The van der Waals surface area contributed by atoms with Crippen LogP contribution in [-0.2, 0) is 11.3 Å². The van der Waals surface area contributed by atoms with E-state index < -0.39 is 0 Å². The predicted molar refractivity (Wildman–Crippen MR) is 114 cm³/mol. The number of hydrogen-bond acceptors (Lipinski definition) is 3. The molecule has 1 aliphatic carbocycles. The van der Waals surface area contributed by atoms with E-state index in [0.29, 0.717) is 31.2 Å². The summed E-state index contributed by atoms with van der Waals surface area (Å²) in [4.78, 5) is 27.8. The molecule has 0 aromatic heterocycles. The second kappa shape index (κ2) is 11.7. The lowest BCUT2D eigenvalue weighted by Crippen LogP contribution is -2.41. The van der Waals surface area contributed by atoms with E-state index in [9.17, 15) is 9.59 Å². The van der Waals surface area contributed by atoms with E-state index in [1.54, 1.807) is 13.1 Å². The molecule has 144 valence electrons. The normalized spacial score (nSPS) is 13.4. The van der Waals surface area contributed by atoms with Crippen molar-refractivity contribution in [1.29, 1.82) is 0 Å². The van der Waals surface area contributed by atoms with Crippen molar-refractivity contribution in [3.63, 3.8) is 0 Å². The first-order chi connectivity index (χ1) is 12.1. The Bertz CT molecular complexity index is 632. The summed E-state index contributed by atoms with van der Waals surface area (Å²) in [6, 6.07) is 7.40. The molecule has 0 unspecified atom stereocenters. The Morgan fingerprint density at radius 3 is 2.54 bits per heavy atom. The maximum atomic E-state index is 11.7. The average molecular weight is 473 g/mol. The van der Waals surface area contributed by atoms with Crippen LogP contribution in [0.25, 0.3) is 0 Å². The highest BCUT2D eigenvalue weighted by Crippen LogP contribution is 2.28. The molecule has 7 nitrogen and oxygen atoms in total. The molecular weight excluding hydrogens is 445 g/mol. The van der Waals surface area contributed by atoms with Gasteiger partial charge in [0, 0.05) is 38.2 Å². The Morgan fingerprint density at radius 2 is 1.88 bits per heavy atom. The van der Waals surface area contributed by atoms with Crippen LogP contribution >= 0.6 is 24.0 Å². The van der Waals surface area contributed by atoms with Crippen molar-refractivity contribution in [2.24, 2.45) is 10.9 Å². The van der Waals surface area contributed by atoms with Crippen molar-refractivity contribution in [2.45, 2.75) is 26.3 Å². The number of nitrogens with zero attached hydrogens (tertiary/aromatic N) is 1. The highest BCUT2D eigenvalue weighted by molar-refractivity contribution is 14.0. The van der Waals surface area contributed by atoms with Gasteiger partial charge in [0.05, 0.1) is 6.54 Å². The lowest BCUT2D eigenvalue weighted by atomic mass is 10.1. The minimum absolute atomic E-state index is 0. The summed E-state index contributed by atoms with van der Waals surface area (Å²) in [7, 11) is 1.61. The standard InChI is InChI=1S/C18H27N5O2.HI/c1-3-20-18(22-10-9-21-17(25)14-7-8-14)23-12-13-5-4-6-15(11-13)16(24)19-2;/h4-6,11,14H,3,7-10,12H2,1-2H3,(H,19,24)(H,21,25)(H2,20,22,23);1H. The zero-order chi connectivity index (χ0) is 18.1. The van der Waals surface area contributed by atoms with E-state index in [1.807, 2.05) is 25.1 Å². The molecule has 0 radical (unpaired) electrons. The molecule has 1 saturated carbocycles. The molecule has 2 rings (SSSR count). The number of rotatable bonds is 8. The molecule has 1 aromatic carbocycles. The number of amides is 2. The summed E-state index contributed by atoms with van der Waals surface area (Å²) in [5.74, 6) is 0.958. The number of hydrogen-bond donors (Lipinski definition) is 4. The van der Waals surface area contributed by atoms with E-state index in [0.717, 1.165) is 24.9 Å². The van der Waals surface area contributed by atoms with Crippen LogP contribution in [0.1, 0.15) is 35.7 Å². The highest BCUT2D eigenvalue weighted by Gasteiger charge is 2.28. The molecule has 4 N–H and O–H groups in total. The van der Waals surface area contributed by atoms with Crippen molar-refractivity contribution in [2.75, 3.05) is 26.7 Å². The van der Waals surface area contributed by atoms with Crippen LogP contribution in [0.3, 0.4) is 0 Å². The number of guanidine groups is 1. The maximum Gasteiger partial charge on any atom is 0.251 e. The monoisotopic (exact) mass is 473 g/mol. The van der Waals surface area contributed by atoms with E-state index in [1.165, 1.54) is 0 Å². The van der Waals surface area contributed by atoms with Gasteiger partial charge < -0.3 is 21.3 Å². The molecule has 0 bridgehead atoms. The Hall–Kier alpha value is -1.84. The van der Waals surface area contributed by atoms with Crippen LogP contribution < -0.4 is 21.3 Å². The van der Waals surface area contributed by atoms with Gasteiger partial charge in [0.25, 0.3) is 5.91 Å². The Balaban J connectivity index is 0.00000338. The summed E-state index contributed by atoms with van der Waals surface area (Å²) < 4.78 is 0. The number of nitrogens with one attached hydrogen (secondary N) is 4. The summed E-state index contributed by atoms with van der Waals surface area (Å²) in [6.45, 7) is 4.40. The van der Waals surface area contributed by atoms with Crippen molar-refractivity contribution < 1.29 is 9.59 Å². The Morgan fingerprint density at radius 1 is 1.15 bits per heavy atom. The number of benzene rings is 1. The van der Waals surface area contributed by atoms with Crippen LogP contribution in [0.2, 0.25) is 0 Å². The van der Waals surface area contributed by atoms with Crippen molar-refractivity contribution in [3.8, 4) is 0 Å². The van der Waals surface area contributed by atoms with Gasteiger partial charge in [-0.25, -0.2) is 4.99 Å². The van der Waals surface area contributed by atoms with Gasteiger partial charge in [0.2, 0.25) is 5.91 Å². The molecule has 0 spiro atoms. The Labute approximate surface area is 171 Å². The third-order valence-electron chi connectivity index (χ3n) is 3.85. The van der Waals surface area contributed by atoms with Crippen LogP contribution in [0.4, 0.5) is 0 Å². The summed E-state index contributed by atoms with van der Waals surface area (Å²) >= 11 is 0. The molecule has 2 amide bonds. The first-order valence-corrected chi connectivity index (χ1v) is 8.75. The van der Waals surface area contributed by atoms with E-state index in [-0.39, 0.29) is 41.7 Å². The Kier molecular flexibility index (Phi) is 10.0. The lowest BCUT2D eigenvalue weighted by Gasteiger charge is -2.12. The van der Waals surface area contributed by atoms with Gasteiger partial charge in [-0.2, -0.15) is 0 Å². The average Bonchev–Trinajstić information content (AvgIpc) is 3.47. The zero-order valence-electron chi connectivity index (χ0n) is 15.3. The molecule has 8 heteroatoms. The number of halogens is 1. The molecule has 0 aliphatic heterocycles. The van der Waals surface area contributed by atoms with Crippen molar-refractivity contribution in [3.05, 3.63) is 35.4 Å². The van der Waals surface area contributed by atoms with Crippen molar-refractivity contribution >= 4 is 41.8 Å². The molecule has 0 heterocycles. The van der Waals surface area contributed by atoms with Gasteiger partial charge in [0.15, 0.2) is 5.96 Å². The van der Waals surface area contributed by atoms with Gasteiger partial charge in [-0.1, -0.05) is 12.1 Å². The molecule has 26 heavy (non-hydrogen) atoms. The minimum Gasteiger partial charge on any atom is -0.357 e. The predicted octanol–water partition coefficient (Wildman–Crippen LogP) is 1.25. The lowest BCUT2D eigenvalue weighted by molar-refractivity contribution is -0.122. The number of carbonyl (C=O) groups excluding carboxylic acids is 2. The van der Waals surface area contributed by atoms with Crippen LogP contribution in [0.5, 0.6) is 0 Å². The summed E-state index contributed by atoms with van der Waals surface area (Å²) in [5, 5.41) is 11.9. The maximum absolute atomic E-state index is 11.7. The van der Waals surface area contributed by atoms with E-state index in [2.05, 4.69) is 26.3 Å². The molecule has 0 saturated heterocycles. The molecular formula is C18H28IN5O2. The van der Waals surface area contributed by atoms with Gasteiger partial charge in [0.1, 0.15) is 0 Å². The van der Waals surface area contributed by atoms with Gasteiger partial charge in [-0.15, -0.1) is 24.0 Å². The van der Waals surface area contributed by atoms with Crippen LogP contribution in [0, 0.1) is 5.92 Å². The fraction of sp³-hybridized carbons (Fsp3) is 0.500. The number of aliphatic imine (C=N–C) groups is 1. The second-order valence-corrected chi connectivity index (χ2v) is 5.97. The SMILES string of the molecule is CCNC(=NCc1cccc(C(=O)NC)c1)NCCNC(=O)C1CC1.I. The second-order valence-electron chi connectivity index (χ2n) is 5.97. The molecule has 1 aromatic rings. The minimum atomic E-state index is -0.109. The first-order valence-electron chi connectivity index (χ1n) is 8.75. The summed E-state index contributed by atoms with van der Waals surface area (Å²) in [6.07, 6.45) is 2.02. The van der Waals surface area contributed by atoms with Crippen LogP contribution in [0.15, 0.2) is 29.3 Å². The summed E-state index contributed by atoms with van der Waals surface area (Å²) in [5.41, 5.74) is 1.58. The topological polar surface area (TPSA) is 94.6 Å². The van der Waals surface area contributed by atoms with E-state index >= 15 is 0 Å². The fourth-order valence-corrected chi connectivity index (χ4v) is 2.32. The first kappa shape index (κ1) is 22.2. The largest absolute Gasteiger partial charge is 0.357 e. The van der Waals surface area contributed by atoms with Gasteiger partial charge in [-0.05, 0) is 37.5 Å². The molecule has 1 aliphatic rings. The molecule has 1 fully saturated rings. The van der Waals surface area contributed by atoms with Gasteiger partial charge >= 0.3 is 0 Å². The third kappa shape index (κ3) is 7.59. The quantitative estimate of drug-likeness (QED) is 0.198. The smallest absolute Gasteiger partial charge is 0.251 e. The highest BCUT2D eigenvalue weighted by atomic mass is 127. The fourth-order valence-electron chi connectivity index (χ4n) is 2.32. The zero-order valence-corrected chi connectivity index (χ0v) is 17.6. The van der Waals surface area contributed by atoms with Crippen molar-refractivity contribution in [1.82, 2.24) is 21.3 Å². The van der Waals surface area contributed by atoms with Gasteiger partial charge in [-0.3, -0.25) is 9.59 Å². The van der Waals surface area contributed by atoms with Crippen LogP contribution in [-0.4, -0.2) is 44.5 Å². The third-order valence-corrected chi connectivity index (χ3v) is 3.85. The number of carbonyl (C=O) groups is 2.